The van der Waals surface area contributed by atoms with Crippen LogP contribution >= 0.6 is 24.8 Å². The second-order valence-corrected chi connectivity index (χ2v) is 4.49. The predicted molar refractivity (Wildman–Crippen MR) is 77.3 cm³/mol. The zero-order valence-electron chi connectivity index (χ0n) is 9.54. The van der Waals surface area contributed by atoms with Crippen LogP contribution < -0.4 is 5.56 Å². The molecule has 6 nitrogen and oxygen atoms in total. The summed E-state index contributed by atoms with van der Waals surface area (Å²) in [5.74, 6) is -0.358. The van der Waals surface area contributed by atoms with E-state index in [0.717, 1.165) is 22.1 Å². The molecule has 0 saturated heterocycles. The first kappa shape index (κ1) is 13.4. The summed E-state index contributed by atoms with van der Waals surface area (Å²) in [5.41, 5.74) is 1.45. The lowest BCUT2D eigenvalue weighted by molar-refractivity contribution is 0.463. The molecule has 2 aromatic heterocycles. The number of H-pyrrole nitrogens is 3. The molecule has 0 unspecified atom stereocenters. The molecular weight excluding hydrogens is 284 g/mol. The molecule has 98 valence electrons. The van der Waals surface area contributed by atoms with Crippen LogP contribution in [0.2, 0.25) is 0 Å². The lowest BCUT2D eigenvalue weighted by Gasteiger charge is -1.88. The van der Waals surface area contributed by atoms with Crippen molar-refractivity contribution in [2.75, 3.05) is 0 Å². The molecule has 0 aliphatic carbocycles. The number of imidazole rings is 1. The average Bonchev–Trinajstić information content (AvgIpc) is 2.82. The number of hydrogen-bond acceptors (Lipinski definition) is 5. The van der Waals surface area contributed by atoms with Crippen LogP contribution in [0, 0.1) is 4.77 Å². The maximum Gasteiger partial charge on any atom is 0.293 e. The van der Waals surface area contributed by atoms with Gasteiger partial charge in [-0.1, -0.05) is 0 Å². The Morgan fingerprint density at radius 2 is 2.11 bits per heavy atom. The highest BCUT2D eigenvalue weighted by atomic mass is 32.1. The molecule has 0 aliphatic heterocycles. The Balaban J connectivity index is 0.000000141. The van der Waals surface area contributed by atoms with Crippen molar-refractivity contribution < 1.29 is 5.11 Å². The van der Waals surface area contributed by atoms with Crippen LogP contribution in [-0.4, -0.2) is 25.0 Å². The van der Waals surface area contributed by atoms with Gasteiger partial charge in [0, 0.05) is 4.90 Å². The van der Waals surface area contributed by atoms with Crippen LogP contribution in [0.1, 0.15) is 0 Å². The van der Waals surface area contributed by atoms with Crippen molar-refractivity contribution in [2.24, 2.45) is 0 Å². The van der Waals surface area contributed by atoms with Gasteiger partial charge < -0.3 is 15.1 Å². The Labute approximate surface area is 118 Å². The molecule has 3 rings (SSSR count). The molecule has 0 saturated carbocycles. The number of aromatic nitrogens is 4. The van der Waals surface area contributed by atoms with Crippen molar-refractivity contribution in [2.45, 2.75) is 4.90 Å². The number of fused-ring (bicyclic) bond motifs is 1. The number of rotatable bonds is 0. The summed E-state index contributed by atoms with van der Waals surface area (Å²) in [6, 6.07) is 5.81. The summed E-state index contributed by atoms with van der Waals surface area (Å²) in [4.78, 5) is 23.1. The maximum absolute atomic E-state index is 10.4. The topological polar surface area (TPSA) is 97.6 Å². The summed E-state index contributed by atoms with van der Waals surface area (Å²) in [7, 11) is 0. The van der Waals surface area contributed by atoms with Gasteiger partial charge in [0.1, 0.15) is 0 Å². The molecule has 1 aromatic carbocycles. The van der Waals surface area contributed by atoms with E-state index in [1.165, 1.54) is 0 Å². The number of hydrogen-bond donors (Lipinski definition) is 5. The number of thiol groups is 1. The number of nitrogens with one attached hydrogen (secondary N) is 3. The lowest BCUT2D eigenvalue weighted by Crippen LogP contribution is -2.04. The highest BCUT2D eigenvalue weighted by Crippen LogP contribution is 2.13. The van der Waals surface area contributed by atoms with Crippen molar-refractivity contribution in [1.82, 2.24) is 19.9 Å². The second kappa shape index (κ2) is 5.72. The number of benzene rings is 1. The smallest absolute Gasteiger partial charge is 0.293 e. The Bertz CT molecular complexity index is 806. The molecule has 0 bridgehead atoms. The molecule has 0 aliphatic rings. The van der Waals surface area contributed by atoms with Crippen molar-refractivity contribution >= 4 is 35.9 Å². The van der Waals surface area contributed by atoms with E-state index in [4.69, 9.17) is 5.11 Å². The van der Waals surface area contributed by atoms with Gasteiger partial charge >= 0.3 is 0 Å². The van der Waals surface area contributed by atoms with Gasteiger partial charge in [0.05, 0.1) is 23.6 Å². The summed E-state index contributed by atoms with van der Waals surface area (Å²) >= 11 is 8.72. The standard InChI is InChI=1S/C7H6N2S.C4H4N2O2S/c10-5-1-2-6-7(3-5)9-4-8-6;7-2-1-5-4(9)6-3(2)8/h1-4,10H,(H,8,9);1,7H,(H2,5,6,8,9). The minimum Gasteiger partial charge on any atom is -0.502 e. The van der Waals surface area contributed by atoms with Gasteiger partial charge in [-0.15, -0.1) is 12.6 Å². The van der Waals surface area contributed by atoms with E-state index in [1.54, 1.807) is 6.33 Å². The third-order valence-electron chi connectivity index (χ3n) is 2.20. The number of aromatic hydroxyl groups is 1. The minimum atomic E-state index is -0.571. The van der Waals surface area contributed by atoms with Gasteiger partial charge in [0.2, 0.25) is 0 Å². The van der Waals surface area contributed by atoms with Gasteiger partial charge in [0.15, 0.2) is 10.5 Å². The molecule has 0 spiro atoms. The predicted octanol–water partition coefficient (Wildman–Crippen LogP) is 1.99. The molecule has 0 atom stereocenters. The van der Waals surface area contributed by atoms with Crippen molar-refractivity contribution in [1.29, 1.82) is 0 Å². The number of aromatic amines is 3. The Hall–Kier alpha value is -2.06. The second-order valence-electron chi connectivity index (χ2n) is 3.56. The van der Waals surface area contributed by atoms with Gasteiger partial charge in [-0.2, -0.15) is 0 Å². The molecule has 19 heavy (non-hydrogen) atoms. The van der Waals surface area contributed by atoms with E-state index in [9.17, 15) is 4.79 Å². The Morgan fingerprint density at radius 1 is 1.32 bits per heavy atom. The highest BCUT2D eigenvalue weighted by molar-refractivity contribution is 7.80. The van der Waals surface area contributed by atoms with E-state index >= 15 is 0 Å². The van der Waals surface area contributed by atoms with E-state index < -0.39 is 5.56 Å². The Kier molecular flexibility index (Phi) is 4.03. The molecule has 8 heteroatoms. The summed E-state index contributed by atoms with van der Waals surface area (Å²) in [6.07, 6.45) is 2.82. The molecule has 2 heterocycles. The molecule has 4 N–H and O–H groups in total. The first-order valence-electron chi connectivity index (χ1n) is 5.19. The molecule has 0 amide bonds. The largest absolute Gasteiger partial charge is 0.502 e. The molecule has 3 aromatic rings. The fourth-order valence-corrected chi connectivity index (χ4v) is 1.68. The van der Waals surface area contributed by atoms with E-state index in [0.29, 0.717) is 0 Å². The zero-order valence-corrected chi connectivity index (χ0v) is 11.3. The summed E-state index contributed by atoms with van der Waals surface area (Å²) in [6.45, 7) is 0. The third-order valence-corrected chi connectivity index (χ3v) is 2.70. The van der Waals surface area contributed by atoms with E-state index in [-0.39, 0.29) is 10.5 Å². The normalized spacial score (nSPS) is 9.95. The lowest BCUT2D eigenvalue weighted by atomic mass is 10.3. The quantitative estimate of drug-likeness (QED) is 0.323. The SMILES string of the molecule is O=c1[nH]c(=S)[nH]cc1O.Sc1ccc2nc[nH]c2c1. The Morgan fingerprint density at radius 3 is 2.79 bits per heavy atom. The zero-order chi connectivity index (χ0) is 13.8. The van der Waals surface area contributed by atoms with E-state index in [1.807, 2.05) is 18.2 Å². The van der Waals surface area contributed by atoms with Gasteiger partial charge in [-0.05, 0) is 30.4 Å². The van der Waals surface area contributed by atoms with Crippen molar-refractivity contribution in [3.8, 4) is 5.75 Å². The molecule has 0 radical (unpaired) electrons. The van der Waals surface area contributed by atoms with Crippen molar-refractivity contribution in [3.63, 3.8) is 0 Å². The first-order valence-corrected chi connectivity index (χ1v) is 6.05. The van der Waals surface area contributed by atoms with Crippen LogP contribution in [-0.2, 0) is 0 Å². The fraction of sp³-hybridized carbons (Fsp3) is 0. The van der Waals surface area contributed by atoms with Crippen LogP contribution in [0.15, 0.2) is 40.4 Å². The third kappa shape index (κ3) is 3.46. The first-order chi connectivity index (χ1) is 9.06. The summed E-state index contributed by atoms with van der Waals surface area (Å²) in [5, 5.41) is 8.62. The minimum absolute atomic E-state index is 0.206. The van der Waals surface area contributed by atoms with Gasteiger partial charge in [-0.25, -0.2) is 4.98 Å². The van der Waals surface area contributed by atoms with Crippen LogP contribution in [0.3, 0.4) is 0 Å². The monoisotopic (exact) mass is 294 g/mol. The molecular formula is C11H10N4O2S2. The van der Waals surface area contributed by atoms with Crippen LogP contribution in [0.5, 0.6) is 5.75 Å². The van der Waals surface area contributed by atoms with Crippen LogP contribution in [0.4, 0.5) is 0 Å². The maximum atomic E-state index is 10.4. The van der Waals surface area contributed by atoms with E-state index in [2.05, 4.69) is 44.8 Å². The van der Waals surface area contributed by atoms with Crippen molar-refractivity contribution in [3.05, 3.63) is 45.8 Å². The molecule has 0 fully saturated rings. The van der Waals surface area contributed by atoms with Crippen LogP contribution in [0.25, 0.3) is 11.0 Å². The van der Waals surface area contributed by atoms with Gasteiger partial charge in [-0.3, -0.25) is 9.78 Å². The van der Waals surface area contributed by atoms with Gasteiger partial charge in [0.25, 0.3) is 5.56 Å². The fourth-order valence-electron chi connectivity index (χ4n) is 1.33. The summed E-state index contributed by atoms with van der Waals surface area (Å²) < 4.78 is 0.206. The number of nitrogens with zero attached hydrogens (tertiary/aromatic N) is 1. The highest BCUT2D eigenvalue weighted by Gasteiger charge is 1.93. The average molecular weight is 294 g/mol.